The molecule has 136 valence electrons. The van der Waals surface area contributed by atoms with E-state index in [9.17, 15) is 19.2 Å². The van der Waals surface area contributed by atoms with Crippen molar-refractivity contribution in [2.45, 2.75) is 0 Å². The Balaban J connectivity index is 0.000000366. The number of carboxylic acids is 4. The summed E-state index contributed by atoms with van der Waals surface area (Å²) in [6, 6.07) is 12.3. The average molecular weight is 362 g/mol. The van der Waals surface area contributed by atoms with Gasteiger partial charge in [0, 0.05) is 41.8 Å². The van der Waals surface area contributed by atoms with E-state index in [1.165, 1.54) is 10.9 Å². The Labute approximate surface area is 147 Å². The van der Waals surface area contributed by atoms with Gasteiger partial charge < -0.3 is 20.4 Å². The Morgan fingerprint density at radius 3 is 1.42 bits per heavy atom. The second-order valence-electron chi connectivity index (χ2n) is 4.28. The smallest absolute Gasteiger partial charge is 0.328 e. The lowest BCUT2D eigenvalue weighted by molar-refractivity contribution is -0.344. The number of pyridine rings is 1. The van der Waals surface area contributed by atoms with Gasteiger partial charge in [0.05, 0.1) is 0 Å². The van der Waals surface area contributed by atoms with Gasteiger partial charge in [0.25, 0.3) is 0 Å². The SMILES string of the molecule is O=C(O)/C=C/C(=O)O.O=C(O)/C=C/C(=O)O.c1ccc2[nH+]cccc2c1. The van der Waals surface area contributed by atoms with Crippen LogP contribution in [0.1, 0.15) is 0 Å². The number of hydrogen-bond donors (Lipinski definition) is 4. The number of fused-ring (bicyclic) bond motifs is 1. The van der Waals surface area contributed by atoms with Crippen molar-refractivity contribution in [2.75, 3.05) is 0 Å². The molecule has 0 fully saturated rings. The summed E-state index contributed by atoms with van der Waals surface area (Å²) in [6.45, 7) is 0. The first-order valence-corrected chi connectivity index (χ1v) is 6.85. The largest absolute Gasteiger partial charge is 0.478 e. The van der Waals surface area contributed by atoms with Crippen LogP contribution in [0.4, 0.5) is 0 Å². The lowest BCUT2D eigenvalue weighted by Crippen LogP contribution is -1.99. The fourth-order valence-corrected chi connectivity index (χ4v) is 1.35. The molecule has 0 bridgehead atoms. The Kier molecular flexibility index (Phi) is 10.5. The highest BCUT2D eigenvalue weighted by Gasteiger charge is 1.93. The molecule has 0 aliphatic carbocycles. The minimum atomic E-state index is -1.26. The summed E-state index contributed by atoms with van der Waals surface area (Å²) in [7, 11) is 0. The number of nitrogens with one attached hydrogen (secondary N) is 1. The van der Waals surface area contributed by atoms with E-state index in [4.69, 9.17) is 20.4 Å². The van der Waals surface area contributed by atoms with E-state index in [1.807, 2.05) is 24.4 Å². The fraction of sp³-hybridized carbons (Fsp3) is 0. The molecule has 0 unspecified atom stereocenters. The van der Waals surface area contributed by atoms with Crippen molar-refractivity contribution in [1.29, 1.82) is 0 Å². The number of para-hydroxylation sites is 1. The molecule has 26 heavy (non-hydrogen) atoms. The number of aromatic amines is 1. The van der Waals surface area contributed by atoms with Gasteiger partial charge in [-0.05, 0) is 12.1 Å². The van der Waals surface area contributed by atoms with Crippen LogP contribution < -0.4 is 4.98 Å². The second kappa shape index (κ2) is 12.4. The zero-order chi connectivity index (χ0) is 19.9. The summed E-state index contributed by atoms with van der Waals surface area (Å²) >= 11 is 0. The van der Waals surface area contributed by atoms with Crippen molar-refractivity contribution >= 4 is 34.8 Å². The molecule has 0 amide bonds. The number of hydrogen-bond acceptors (Lipinski definition) is 4. The van der Waals surface area contributed by atoms with Crippen LogP contribution in [0.2, 0.25) is 0 Å². The van der Waals surface area contributed by atoms with Crippen molar-refractivity contribution in [3.63, 3.8) is 0 Å². The molecular formula is C17H16NO8+. The van der Waals surface area contributed by atoms with Gasteiger partial charge in [0.1, 0.15) is 0 Å². The predicted octanol–water partition coefficient (Wildman–Crippen LogP) is 1.08. The molecule has 2 aromatic rings. The van der Waals surface area contributed by atoms with Gasteiger partial charge in [-0.15, -0.1) is 0 Å². The van der Waals surface area contributed by atoms with E-state index in [-0.39, 0.29) is 0 Å². The van der Waals surface area contributed by atoms with Gasteiger partial charge in [0.15, 0.2) is 6.20 Å². The molecular weight excluding hydrogens is 346 g/mol. The molecule has 0 aliphatic rings. The van der Waals surface area contributed by atoms with Crippen molar-refractivity contribution < 1.29 is 44.6 Å². The molecule has 5 N–H and O–H groups in total. The standard InChI is InChI=1S/C9H7N.2C4H4O4/c1-2-6-9-8(4-1)5-3-7-10-9;2*5-3(6)1-2-4(7)8/h1-7H;2*1-2H,(H,5,6)(H,7,8)/p+1/b;2*2-1+. The second-order valence-corrected chi connectivity index (χ2v) is 4.28. The van der Waals surface area contributed by atoms with Crippen molar-refractivity contribution in [3.8, 4) is 0 Å². The minimum Gasteiger partial charge on any atom is -0.478 e. The minimum absolute atomic E-state index is 0.558. The molecule has 9 heteroatoms. The van der Waals surface area contributed by atoms with E-state index in [1.54, 1.807) is 0 Å². The zero-order valence-corrected chi connectivity index (χ0v) is 13.3. The van der Waals surface area contributed by atoms with Crippen LogP contribution in [0.15, 0.2) is 66.9 Å². The van der Waals surface area contributed by atoms with Crippen LogP contribution in [-0.4, -0.2) is 44.3 Å². The number of H-pyrrole nitrogens is 1. The molecule has 0 radical (unpaired) electrons. The maximum absolute atomic E-state index is 9.55. The molecule has 0 atom stereocenters. The molecule has 1 heterocycles. The summed E-state index contributed by atoms with van der Waals surface area (Å²) in [5, 5.41) is 32.5. The normalized spacial score (nSPS) is 9.69. The Morgan fingerprint density at radius 2 is 1.04 bits per heavy atom. The summed E-state index contributed by atoms with van der Waals surface area (Å²) in [6.07, 6.45) is 4.16. The van der Waals surface area contributed by atoms with Gasteiger partial charge in [0.2, 0.25) is 5.52 Å². The quantitative estimate of drug-likeness (QED) is 0.587. The summed E-state index contributed by atoms with van der Waals surface area (Å²) in [5.74, 6) is -5.03. The van der Waals surface area contributed by atoms with Crippen molar-refractivity contribution in [3.05, 3.63) is 66.9 Å². The van der Waals surface area contributed by atoms with Gasteiger partial charge >= 0.3 is 23.9 Å². The third-order valence-electron chi connectivity index (χ3n) is 2.31. The molecule has 1 aromatic heterocycles. The highest BCUT2D eigenvalue weighted by molar-refractivity contribution is 5.90. The first-order valence-electron chi connectivity index (χ1n) is 6.85. The van der Waals surface area contributed by atoms with Crippen LogP contribution in [0.25, 0.3) is 10.9 Å². The number of carbonyl (C=O) groups is 4. The number of carboxylic acid groups (broad SMARTS) is 4. The average Bonchev–Trinajstić information content (AvgIpc) is 2.59. The van der Waals surface area contributed by atoms with Gasteiger partial charge in [-0.1, -0.05) is 12.1 Å². The highest BCUT2D eigenvalue weighted by Crippen LogP contribution is 2.04. The first kappa shape index (κ1) is 22.0. The van der Waals surface area contributed by atoms with Gasteiger partial charge in [-0.3, -0.25) is 0 Å². The van der Waals surface area contributed by atoms with Gasteiger partial charge in [-0.2, -0.15) is 0 Å². The number of benzene rings is 1. The van der Waals surface area contributed by atoms with E-state index < -0.39 is 23.9 Å². The predicted molar refractivity (Wildman–Crippen MR) is 89.3 cm³/mol. The van der Waals surface area contributed by atoms with E-state index in [0.29, 0.717) is 24.3 Å². The Hall–Kier alpha value is -4.01. The molecule has 9 nitrogen and oxygen atoms in total. The van der Waals surface area contributed by atoms with E-state index in [2.05, 4.69) is 23.2 Å². The Bertz CT molecular complexity index is 695. The van der Waals surface area contributed by atoms with Crippen LogP contribution in [-0.2, 0) is 19.2 Å². The van der Waals surface area contributed by atoms with Crippen molar-refractivity contribution in [2.24, 2.45) is 0 Å². The topological polar surface area (TPSA) is 163 Å². The van der Waals surface area contributed by atoms with Crippen LogP contribution >= 0.6 is 0 Å². The fourth-order valence-electron chi connectivity index (χ4n) is 1.35. The zero-order valence-electron chi connectivity index (χ0n) is 13.3. The number of aromatic nitrogens is 1. The third kappa shape index (κ3) is 12.5. The lowest BCUT2D eigenvalue weighted by atomic mass is 10.2. The molecule has 0 spiro atoms. The summed E-state index contributed by atoms with van der Waals surface area (Å²) in [4.78, 5) is 41.4. The van der Waals surface area contributed by atoms with E-state index >= 15 is 0 Å². The summed E-state index contributed by atoms with van der Waals surface area (Å²) < 4.78 is 0. The molecule has 0 saturated heterocycles. The molecule has 1 aromatic carbocycles. The van der Waals surface area contributed by atoms with Crippen molar-refractivity contribution in [1.82, 2.24) is 0 Å². The van der Waals surface area contributed by atoms with Crippen LogP contribution in [0.5, 0.6) is 0 Å². The van der Waals surface area contributed by atoms with E-state index in [0.717, 1.165) is 0 Å². The third-order valence-corrected chi connectivity index (χ3v) is 2.31. The molecule has 2 rings (SSSR count). The molecule has 0 aliphatic heterocycles. The number of rotatable bonds is 4. The van der Waals surface area contributed by atoms with Gasteiger partial charge in [-0.25, -0.2) is 24.2 Å². The van der Waals surface area contributed by atoms with Crippen LogP contribution in [0.3, 0.4) is 0 Å². The first-order chi connectivity index (χ1) is 12.2. The van der Waals surface area contributed by atoms with Crippen LogP contribution in [0, 0.1) is 0 Å². The monoisotopic (exact) mass is 362 g/mol. The summed E-state index contributed by atoms with van der Waals surface area (Å²) in [5.41, 5.74) is 1.19. The lowest BCUT2D eigenvalue weighted by Gasteiger charge is -1.85. The number of aliphatic carboxylic acids is 4. The maximum atomic E-state index is 9.55. The highest BCUT2D eigenvalue weighted by atomic mass is 16.4. The Morgan fingerprint density at radius 1 is 0.654 bits per heavy atom. The maximum Gasteiger partial charge on any atom is 0.328 e. The molecule has 0 saturated carbocycles.